The molecule has 1 aromatic carbocycles. The zero-order valence-corrected chi connectivity index (χ0v) is 7.90. The lowest BCUT2D eigenvalue weighted by Gasteiger charge is -2.16. The minimum absolute atomic E-state index is 0.0185. The van der Waals surface area contributed by atoms with Crippen LogP contribution in [0.15, 0.2) is 24.3 Å². The molecular formula is C11H11NO2. The Morgan fingerprint density at radius 2 is 2.07 bits per heavy atom. The highest BCUT2D eigenvalue weighted by atomic mass is 16.4. The van der Waals surface area contributed by atoms with Crippen molar-refractivity contribution in [2.24, 2.45) is 0 Å². The van der Waals surface area contributed by atoms with Gasteiger partial charge in [-0.2, -0.15) is 0 Å². The number of likely N-dealkylation sites (N-methyl/N-ethyl adjacent to an activating group) is 1. The molecule has 0 aromatic heterocycles. The molecule has 0 heterocycles. The molecule has 0 bridgehead atoms. The Labute approximate surface area is 83.0 Å². The van der Waals surface area contributed by atoms with Crippen molar-refractivity contribution in [2.75, 3.05) is 18.5 Å². The van der Waals surface area contributed by atoms with E-state index in [0.717, 1.165) is 11.3 Å². The number of carboxylic acid groups (broad SMARTS) is 1. The smallest absolute Gasteiger partial charge is 0.323 e. The van der Waals surface area contributed by atoms with E-state index in [4.69, 9.17) is 11.5 Å². The molecule has 0 spiro atoms. The molecule has 14 heavy (non-hydrogen) atoms. The first-order valence-electron chi connectivity index (χ1n) is 4.13. The van der Waals surface area contributed by atoms with Crippen LogP contribution >= 0.6 is 0 Å². The highest BCUT2D eigenvalue weighted by molar-refractivity contribution is 5.73. The number of nitrogens with zero attached hydrogens (tertiary/aromatic N) is 1. The molecule has 1 rings (SSSR count). The molecule has 1 aromatic rings. The average Bonchev–Trinajstić information content (AvgIpc) is 2.17. The first-order valence-corrected chi connectivity index (χ1v) is 4.13. The quantitative estimate of drug-likeness (QED) is 0.726. The normalized spacial score (nSPS) is 9.14. The monoisotopic (exact) mass is 189 g/mol. The Bertz CT molecular complexity index is 362. The number of carbonyl (C=O) groups is 1. The second-order valence-electron chi connectivity index (χ2n) is 2.94. The maximum atomic E-state index is 10.4. The van der Waals surface area contributed by atoms with Gasteiger partial charge in [0, 0.05) is 18.3 Å². The van der Waals surface area contributed by atoms with Crippen LogP contribution in [0.5, 0.6) is 0 Å². The Morgan fingerprint density at radius 3 is 2.50 bits per heavy atom. The molecule has 72 valence electrons. The molecule has 3 heteroatoms. The lowest BCUT2D eigenvalue weighted by Crippen LogP contribution is -2.24. The second-order valence-corrected chi connectivity index (χ2v) is 2.94. The van der Waals surface area contributed by atoms with Gasteiger partial charge in [-0.1, -0.05) is 5.92 Å². The van der Waals surface area contributed by atoms with E-state index in [1.54, 1.807) is 36.2 Å². The van der Waals surface area contributed by atoms with Gasteiger partial charge in [0.15, 0.2) is 0 Å². The number of anilines is 1. The van der Waals surface area contributed by atoms with Gasteiger partial charge in [0.2, 0.25) is 0 Å². The summed E-state index contributed by atoms with van der Waals surface area (Å²) in [7, 11) is 1.72. The molecule has 0 atom stereocenters. The third-order valence-corrected chi connectivity index (χ3v) is 1.85. The van der Waals surface area contributed by atoms with Crippen LogP contribution < -0.4 is 4.90 Å². The van der Waals surface area contributed by atoms with Gasteiger partial charge in [0.05, 0.1) is 0 Å². The van der Waals surface area contributed by atoms with Crippen LogP contribution in [-0.2, 0) is 4.79 Å². The fourth-order valence-corrected chi connectivity index (χ4v) is 1.11. The van der Waals surface area contributed by atoms with Gasteiger partial charge >= 0.3 is 5.97 Å². The van der Waals surface area contributed by atoms with Crippen LogP contribution in [0.2, 0.25) is 0 Å². The summed E-state index contributed by atoms with van der Waals surface area (Å²) in [6.07, 6.45) is 5.20. The van der Waals surface area contributed by atoms with Crippen LogP contribution in [0, 0.1) is 12.3 Å². The molecule has 1 N–H and O–H groups in total. The van der Waals surface area contributed by atoms with E-state index in [0.29, 0.717) is 0 Å². The SMILES string of the molecule is C#Cc1ccc(N(C)CC(=O)O)cc1. The zero-order chi connectivity index (χ0) is 10.6. The van der Waals surface area contributed by atoms with Crippen LogP contribution in [0.25, 0.3) is 0 Å². The number of hydrogen-bond acceptors (Lipinski definition) is 2. The summed E-state index contributed by atoms with van der Waals surface area (Å²) in [5.74, 6) is 1.65. The fourth-order valence-electron chi connectivity index (χ4n) is 1.11. The van der Waals surface area contributed by atoms with Crippen LogP contribution in [0.4, 0.5) is 5.69 Å². The molecule has 3 nitrogen and oxygen atoms in total. The number of terminal acetylenes is 1. The number of benzene rings is 1. The molecule has 0 radical (unpaired) electrons. The largest absolute Gasteiger partial charge is 0.480 e. The van der Waals surface area contributed by atoms with Crippen LogP contribution in [0.1, 0.15) is 5.56 Å². The predicted octanol–water partition coefficient (Wildman–Crippen LogP) is 1.19. The number of hydrogen-bond donors (Lipinski definition) is 1. The highest BCUT2D eigenvalue weighted by Gasteiger charge is 2.04. The van der Waals surface area contributed by atoms with E-state index in [-0.39, 0.29) is 6.54 Å². The molecule has 0 fully saturated rings. The van der Waals surface area contributed by atoms with Crippen LogP contribution in [0.3, 0.4) is 0 Å². The van der Waals surface area contributed by atoms with Gasteiger partial charge in [0.25, 0.3) is 0 Å². The van der Waals surface area contributed by atoms with Gasteiger partial charge in [-0.3, -0.25) is 4.79 Å². The summed E-state index contributed by atoms with van der Waals surface area (Å²) in [4.78, 5) is 12.1. The number of rotatable bonds is 3. The molecule has 0 aliphatic heterocycles. The summed E-state index contributed by atoms with van der Waals surface area (Å²) in [6.45, 7) is -0.0185. The maximum Gasteiger partial charge on any atom is 0.323 e. The van der Waals surface area contributed by atoms with E-state index in [1.165, 1.54) is 0 Å². The number of carboxylic acids is 1. The zero-order valence-electron chi connectivity index (χ0n) is 7.90. The van der Waals surface area contributed by atoms with E-state index in [9.17, 15) is 4.79 Å². The van der Waals surface area contributed by atoms with Gasteiger partial charge in [-0.05, 0) is 24.3 Å². The standard InChI is InChI=1S/C11H11NO2/c1-3-9-4-6-10(7-5-9)12(2)8-11(13)14/h1,4-7H,8H2,2H3,(H,13,14). The predicted molar refractivity (Wildman–Crippen MR) is 55.3 cm³/mol. The van der Waals surface area contributed by atoms with Crippen molar-refractivity contribution in [3.05, 3.63) is 29.8 Å². The van der Waals surface area contributed by atoms with Gasteiger partial charge in [0.1, 0.15) is 6.54 Å². The summed E-state index contributed by atoms with van der Waals surface area (Å²) in [6, 6.07) is 7.18. The first-order chi connectivity index (χ1) is 6.63. The third-order valence-electron chi connectivity index (χ3n) is 1.85. The Kier molecular flexibility index (Phi) is 3.14. The van der Waals surface area contributed by atoms with E-state index in [2.05, 4.69) is 5.92 Å². The van der Waals surface area contributed by atoms with Crippen molar-refractivity contribution >= 4 is 11.7 Å². The van der Waals surface area contributed by atoms with Crippen LogP contribution in [-0.4, -0.2) is 24.7 Å². The van der Waals surface area contributed by atoms with E-state index >= 15 is 0 Å². The lowest BCUT2D eigenvalue weighted by molar-refractivity contribution is -0.135. The highest BCUT2D eigenvalue weighted by Crippen LogP contribution is 2.12. The van der Waals surface area contributed by atoms with Crippen molar-refractivity contribution in [1.29, 1.82) is 0 Å². The summed E-state index contributed by atoms with van der Waals surface area (Å²) < 4.78 is 0. The van der Waals surface area contributed by atoms with Gasteiger partial charge < -0.3 is 10.0 Å². The second kappa shape index (κ2) is 4.33. The number of aliphatic carboxylic acids is 1. The fraction of sp³-hybridized carbons (Fsp3) is 0.182. The topological polar surface area (TPSA) is 40.5 Å². The molecule has 0 aliphatic rings. The Hall–Kier alpha value is -1.95. The Morgan fingerprint density at radius 1 is 1.50 bits per heavy atom. The van der Waals surface area contributed by atoms with Gasteiger partial charge in [-0.25, -0.2) is 0 Å². The van der Waals surface area contributed by atoms with Crippen molar-refractivity contribution in [3.63, 3.8) is 0 Å². The average molecular weight is 189 g/mol. The molecule has 0 saturated heterocycles. The lowest BCUT2D eigenvalue weighted by atomic mass is 10.2. The van der Waals surface area contributed by atoms with Crippen molar-refractivity contribution in [1.82, 2.24) is 0 Å². The van der Waals surface area contributed by atoms with Crippen molar-refractivity contribution in [2.45, 2.75) is 0 Å². The molecular weight excluding hydrogens is 178 g/mol. The summed E-state index contributed by atoms with van der Waals surface area (Å²) in [5.41, 5.74) is 1.63. The van der Waals surface area contributed by atoms with Gasteiger partial charge in [-0.15, -0.1) is 6.42 Å². The Balaban J connectivity index is 2.77. The minimum Gasteiger partial charge on any atom is -0.480 e. The van der Waals surface area contributed by atoms with E-state index < -0.39 is 5.97 Å². The maximum absolute atomic E-state index is 10.4. The summed E-state index contributed by atoms with van der Waals surface area (Å²) >= 11 is 0. The minimum atomic E-state index is -0.853. The molecule has 0 aliphatic carbocycles. The van der Waals surface area contributed by atoms with Crippen molar-refractivity contribution in [3.8, 4) is 12.3 Å². The molecule has 0 amide bonds. The molecule has 0 unspecified atom stereocenters. The van der Waals surface area contributed by atoms with Crippen molar-refractivity contribution < 1.29 is 9.90 Å². The first kappa shape index (κ1) is 10.1. The summed E-state index contributed by atoms with van der Waals surface area (Å²) in [5, 5.41) is 8.57. The third kappa shape index (κ3) is 2.53. The van der Waals surface area contributed by atoms with E-state index in [1.807, 2.05) is 0 Å². The molecule has 0 saturated carbocycles.